The number of hydrogen-bond donors (Lipinski definition) is 1. The molecule has 0 bridgehead atoms. The number of carbonyl (C=O) groups excluding carboxylic acids is 1. The van der Waals surface area contributed by atoms with Gasteiger partial charge in [0.05, 0.1) is 12.7 Å². The molecule has 2 fully saturated rings. The molecule has 0 saturated carbocycles. The zero-order chi connectivity index (χ0) is 14.4. The largest absolute Gasteiger partial charge is 0.379 e. The Labute approximate surface area is 122 Å². The smallest absolute Gasteiger partial charge is 0.317 e. The van der Waals surface area contributed by atoms with E-state index in [1.54, 1.807) is 0 Å². The molecule has 2 rings (SSSR count). The van der Waals surface area contributed by atoms with Gasteiger partial charge >= 0.3 is 6.03 Å². The van der Waals surface area contributed by atoms with Crippen molar-refractivity contribution in [2.45, 2.75) is 45.6 Å². The summed E-state index contributed by atoms with van der Waals surface area (Å²) in [7, 11) is 0. The maximum atomic E-state index is 11.9. The number of likely N-dealkylation sites (tertiary alicyclic amines) is 1. The minimum atomic E-state index is 0.0645. The summed E-state index contributed by atoms with van der Waals surface area (Å²) in [6, 6.07) is 0.0645. The highest BCUT2D eigenvalue weighted by molar-refractivity contribution is 5.74. The lowest BCUT2D eigenvalue weighted by Crippen LogP contribution is -2.39. The van der Waals surface area contributed by atoms with Gasteiger partial charge in [-0.2, -0.15) is 0 Å². The molecule has 1 N–H and O–H groups in total. The van der Waals surface area contributed by atoms with Crippen LogP contribution in [0.2, 0.25) is 0 Å². The number of ether oxygens (including phenoxy) is 2. The molecule has 5 heteroatoms. The van der Waals surface area contributed by atoms with Gasteiger partial charge < -0.3 is 19.7 Å². The first-order valence-electron chi connectivity index (χ1n) is 7.79. The molecule has 0 aromatic heterocycles. The van der Waals surface area contributed by atoms with E-state index in [9.17, 15) is 4.79 Å². The van der Waals surface area contributed by atoms with Crippen LogP contribution in [0.1, 0.15) is 39.5 Å². The normalized spacial score (nSPS) is 25.1. The molecule has 116 valence electrons. The van der Waals surface area contributed by atoms with E-state index >= 15 is 0 Å². The van der Waals surface area contributed by atoms with E-state index < -0.39 is 0 Å². The predicted octanol–water partition coefficient (Wildman–Crippen LogP) is 2.01. The fraction of sp³-hybridized carbons (Fsp3) is 0.933. The van der Waals surface area contributed by atoms with Crippen molar-refractivity contribution in [3.05, 3.63) is 0 Å². The molecule has 20 heavy (non-hydrogen) atoms. The number of nitrogens with zero attached hydrogens (tertiary/aromatic N) is 1. The van der Waals surface area contributed by atoms with Crippen LogP contribution < -0.4 is 5.32 Å². The fourth-order valence-corrected chi connectivity index (χ4v) is 2.76. The monoisotopic (exact) mass is 284 g/mol. The van der Waals surface area contributed by atoms with Gasteiger partial charge in [0.2, 0.25) is 0 Å². The summed E-state index contributed by atoms with van der Waals surface area (Å²) >= 11 is 0. The second kappa shape index (κ2) is 7.27. The molecule has 5 nitrogen and oxygen atoms in total. The first-order chi connectivity index (χ1) is 9.57. The molecular formula is C15H28N2O3. The summed E-state index contributed by atoms with van der Waals surface area (Å²) in [6.45, 7) is 9.07. The molecular weight excluding hydrogens is 256 g/mol. The summed E-state index contributed by atoms with van der Waals surface area (Å²) < 4.78 is 11.1. The highest BCUT2D eigenvalue weighted by Crippen LogP contribution is 2.28. The van der Waals surface area contributed by atoms with E-state index in [4.69, 9.17) is 9.47 Å². The SMILES string of the molecule is CC1(C)CCN(C(=O)NCCCOC[C@@H]2CCCO2)C1. The average molecular weight is 284 g/mol. The first-order valence-corrected chi connectivity index (χ1v) is 7.79. The van der Waals surface area contributed by atoms with Crippen LogP contribution in [0.25, 0.3) is 0 Å². The van der Waals surface area contributed by atoms with Gasteiger partial charge in [-0.25, -0.2) is 4.79 Å². The maximum Gasteiger partial charge on any atom is 0.317 e. The molecule has 0 radical (unpaired) electrons. The van der Waals surface area contributed by atoms with E-state index in [2.05, 4.69) is 19.2 Å². The molecule has 2 heterocycles. The van der Waals surface area contributed by atoms with E-state index in [1.165, 1.54) is 0 Å². The average Bonchev–Trinajstić information content (AvgIpc) is 3.02. The van der Waals surface area contributed by atoms with Crippen molar-refractivity contribution in [2.24, 2.45) is 5.41 Å². The molecule has 2 saturated heterocycles. The van der Waals surface area contributed by atoms with Crippen LogP contribution in [0, 0.1) is 5.41 Å². The second-order valence-electron chi connectivity index (χ2n) is 6.63. The second-order valence-corrected chi connectivity index (χ2v) is 6.63. The zero-order valence-electron chi connectivity index (χ0n) is 12.8. The van der Waals surface area contributed by atoms with E-state index in [0.29, 0.717) is 19.8 Å². The van der Waals surface area contributed by atoms with Gasteiger partial charge in [0.1, 0.15) is 0 Å². The Morgan fingerprint density at radius 1 is 1.50 bits per heavy atom. The lowest BCUT2D eigenvalue weighted by atomic mass is 9.93. The van der Waals surface area contributed by atoms with Gasteiger partial charge in [-0.1, -0.05) is 13.8 Å². The highest BCUT2D eigenvalue weighted by atomic mass is 16.5. The molecule has 0 aromatic rings. The lowest BCUT2D eigenvalue weighted by molar-refractivity contribution is 0.0167. The van der Waals surface area contributed by atoms with Crippen molar-refractivity contribution in [3.8, 4) is 0 Å². The number of nitrogens with one attached hydrogen (secondary N) is 1. The van der Waals surface area contributed by atoms with Gasteiger partial charge in [-0.05, 0) is 31.1 Å². The summed E-state index contributed by atoms with van der Waals surface area (Å²) in [6.07, 6.45) is 4.50. The minimum Gasteiger partial charge on any atom is -0.379 e. The van der Waals surface area contributed by atoms with Crippen molar-refractivity contribution < 1.29 is 14.3 Å². The van der Waals surface area contributed by atoms with Crippen molar-refractivity contribution in [3.63, 3.8) is 0 Å². The van der Waals surface area contributed by atoms with Gasteiger partial charge in [-0.3, -0.25) is 0 Å². The zero-order valence-corrected chi connectivity index (χ0v) is 12.8. The minimum absolute atomic E-state index is 0.0645. The van der Waals surface area contributed by atoms with Gasteiger partial charge in [0.15, 0.2) is 0 Å². The Balaban J connectivity index is 1.47. The van der Waals surface area contributed by atoms with Crippen LogP contribution in [-0.2, 0) is 9.47 Å². The molecule has 0 aliphatic carbocycles. The van der Waals surface area contributed by atoms with E-state index in [1.807, 2.05) is 4.90 Å². The van der Waals surface area contributed by atoms with Crippen molar-refractivity contribution in [1.82, 2.24) is 10.2 Å². The van der Waals surface area contributed by atoms with E-state index in [0.717, 1.165) is 45.4 Å². The molecule has 2 aliphatic heterocycles. The molecule has 0 aromatic carbocycles. The third kappa shape index (κ3) is 4.94. The van der Waals surface area contributed by atoms with Crippen LogP contribution in [0.3, 0.4) is 0 Å². The topological polar surface area (TPSA) is 50.8 Å². The lowest BCUT2D eigenvalue weighted by Gasteiger charge is -2.20. The van der Waals surface area contributed by atoms with Crippen LogP contribution in [-0.4, -0.2) is 56.5 Å². The Kier molecular flexibility index (Phi) is 5.66. The van der Waals surface area contributed by atoms with Crippen molar-refractivity contribution in [2.75, 3.05) is 39.5 Å². The van der Waals surface area contributed by atoms with Crippen LogP contribution in [0.5, 0.6) is 0 Å². The highest BCUT2D eigenvalue weighted by Gasteiger charge is 2.31. The molecule has 0 unspecified atom stereocenters. The third-order valence-corrected chi connectivity index (χ3v) is 4.03. The maximum absolute atomic E-state index is 11.9. The summed E-state index contributed by atoms with van der Waals surface area (Å²) in [5.74, 6) is 0. The standard InChI is InChI=1S/C15H28N2O3/c1-15(2)6-8-17(12-15)14(18)16-7-4-9-19-11-13-5-3-10-20-13/h13H,3-12H2,1-2H3,(H,16,18)/t13-/m0/s1. The van der Waals surface area contributed by atoms with Crippen molar-refractivity contribution >= 4 is 6.03 Å². The Morgan fingerprint density at radius 2 is 2.35 bits per heavy atom. The number of urea groups is 1. The Hall–Kier alpha value is -0.810. The Bertz CT molecular complexity index is 314. The number of amides is 2. The van der Waals surface area contributed by atoms with E-state index in [-0.39, 0.29) is 17.6 Å². The number of rotatable bonds is 6. The molecule has 2 aliphatic rings. The number of carbonyl (C=O) groups is 1. The molecule has 2 amide bonds. The quantitative estimate of drug-likeness (QED) is 0.759. The fourth-order valence-electron chi connectivity index (χ4n) is 2.76. The number of hydrogen-bond acceptors (Lipinski definition) is 3. The predicted molar refractivity (Wildman–Crippen MR) is 77.8 cm³/mol. The summed E-state index contributed by atoms with van der Waals surface area (Å²) in [5.41, 5.74) is 0.266. The molecule has 1 atom stereocenters. The van der Waals surface area contributed by atoms with Crippen molar-refractivity contribution in [1.29, 1.82) is 0 Å². The van der Waals surface area contributed by atoms with Crippen LogP contribution >= 0.6 is 0 Å². The summed E-state index contributed by atoms with van der Waals surface area (Å²) in [5, 5.41) is 2.97. The first kappa shape index (κ1) is 15.6. The van der Waals surface area contributed by atoms with Crippen LogP contribution in [0.4, 0.5) is 4.79 Å². The van der Waals surface area contributed by atoms with Gasteiger partial charge in [0.25, 0.3) is 0 Å². The third-order valence-electron chi connectivity index (χ3n) is 4.03. The summed E-state index contributed by atoms with van der Waals surface area (Å²) in [4.78, 5) is 13.8. The molecule has 0 spiro atoms. The van der Waals surface area contributed by atoms with Crippen LogP contribution in [0.15, 0.2) is 0 Å². The Morgan fingerprint density at radius 3 is 3.00 bits per heavy atom. The van der Waals surface area contributed by atoms with Gasteiger partial charge in [0, 0.05) is 32.8 Å². The van der Waals surface area contributed by atoms with Gasteiger partial charge in [-0.15, -0.1) is 0 Å².